The molecular weight excluding hydrogens is 272 g/mol. The number of benzene rings is 1. The lowest BCUT2D eigenvalue weighted by Gasteiger charge is -2.26. The van der Waals surface area contributed by atoms with Gasteiger partial charge in [-0.2, -0.15) is 4.98 Å². The number of rotatable bonds is 4. The number of aromatic nitrogens is 2. The van der Waals surface area contributed by atoms with Gasteiger partial charge in [-0.15, -0.1) is 0 Å². The molecule has 21 heavy (non-hydrogen) atoms. The first-order valence-electron chi connectivity index (χ1n) is 6.53. The number of carboxylic acids is 1. The van der Waals surface area contributed by atoms with Gasteiger partial charge in [-0.05, 0) is 23.6 Å². The number of aromatic carboxylic acids is 1. The van der Waals surface area contributed by atoms with Gasteiger partial charge in [-0.1, -0.05) is 32.0 Å². The summed E-state index contributed by atoms with van der Waals surface area (Å²) >= 11 is 0. The molecule has 6 heteroatoms. The van der Waals surface area contributed by atoms with Crippen molar-refractivity contribution in [2.75, 3.05) is 7.11 Å². The second kappa shape index (κ2) is 5.65. The van der Waals surface area contributed by atoms with Crippen molar-refractivity contribution >= 4 is 5.97 Å². The number of hydrogen-bond donors (Lipinski definition) is 1. The first kappa shape index (κ1) is 15.2. The predicted molar refractivity (Wildman–Crippen MR) is 75.9 cm³/mol. The van der Waals surface area contributed by atoms with Gasteiger partial charge in [0.25, 0.3) is 5.89 Å². The Morgan fingerprint density at radius 3 is 2.67 bits per heavy atom. The van der Waals surface area contributed by atoms with Crippen LogP contribution in [0.5, 0.6) is 0 Å². The molecule has 112 valence electrons. The van der Waals surface area contributed by atoms with E-state index in [1.807, 2.05) is 20.8 Å². The minimum atomic E-state index is -0.999. The molecule has 0 radical (unpaired) electrons. The Morgan fingerprint density at radius 1 is 1.38 bits per heavy atom. The Labute approximate surface area is 122 Å². The van der Waals surface area contributed by atoms with E-state index in [9.17, 15) is 4.79 Å². The summed E-state index contributed by atoms with van der Waals surface area (Å²) in [6.45, 7) is 6.05. The van der Waals surface area contributed by atoms with E-state index in [1.54, 1.807) is 19.2 Å². The van der Waals surface area contributed by atoms with Gasteiger partial charge in [-0.25, -0.2) is 4.79 Å². The number of ether oxygens (including phenoxy) is 1. The lowest BCUT2D eigenvalue weighted by Crippen LogP contribution is -2.21. The molecule has 6 nitrogen and oxygen atoms in total. The lowest BCUT2D eigenvalue weighted by atomic mass is 9.88. The molecule has 0 bridgehead atoms. The van der Waals surface area contributed by atoms with Gasteiger partial charge in [-0.3, -0.25) is 0 Å². The van der Waals surface area contributed by atoms with Crippen LogP contribution in [0.4, 0.5) is 0 Å². The van der Waals surface area contributed by atoms with Crippen LogP contribution in [0.25, 0.3) is 11.5 Å². The zero-order valence-electron chi connectivity index (χ0n) is 12.5. The minimum absolute atomic E-state index is 0.173. The molecule has 0 aliphatic carbocycles. The van der Waals surface area contributed by atoms with E-state index in [0.717, 1.165) is 0 Å². The largest absolute Gasteiger partial charge is 0.478 e. The maximum absolute atomic E-state index is 11.0. The summed E-state index contributed by atoms with van der Waals surface area (Å²) in [6, 6.07) is 6.37. The summed E-state index contributed by atoms with van der Waals surface area (Å²) in [7, 11) is 1.59. The highest BCUT2D eigenvalue weighted by Gasteiger charge is 2.30. The monoisotopic (exact) mass is 290 g/mol. The Balaban J connectivity index is 2.36. The van der Waals surface area contributed by atoms with Crippen molar-refractivity contribution in [3.63, 3.8) is 0 Å². The van der Waals surface area contributed by atoms with Crippen LogP contribution in [0.1, 0.15) is 43.1 Å². The second-order valence-electron chi connectivity index (χ2n) is 5.83. The highest BCUT2D eigenvalue weighted by molar-refractivity contribution is 5.88. The molecule has 0 saturated carbocycles. The number of hydrogen-bond acceptors (Lipinski definition) is 5. The Bertz CT molecular complexity index is 643. The summed E-state index contributed by atoms with van der Waals surface area (Å²) in [6.07, 6.45) is -0.308. The fourth-order valence-electron chi connectivity index (χ4n) is 2.09. The number of nitrogens with zero attached hydrogens (tertiary/aromatic N) is 2. The van der Waals surface area contributed by atoms with Crippen LogP contribution in [0.3, 0.4) is 0 Å². The van der Waals surface area contributed by atoms with E-state index < -0.39 is 5.97 Å². The molecule has 0 amide bonds. The van der Waals surface area contributed by atoms with Gasteiger partial charge in [0.15, 0.2) is 0 Å². The Morgan fingerprint density at radius 2 is 2.10 bits per heavy atom. The maximum Gasteiger partial charge on any atom is 0.335 e. The number of carboxylic acid groups (broad SMARTS) is 1. The van der Waals surface area contributed by atoms with E-state index in [4.69, 9.17) is 14.4 Å². The highest BCUT2D eigenvalue weighted by atomic mass is 16.5. The summed E-state index contributed by atoms with van der Waals surface area (Å²) < 4.78 is 10.7. The average molecular weight is 290 g/mol. The molecule has 1 atom stereocenters. The Kier molecular flexibility index (Phi) is 4.09. The maximum atomic E-state index is 11.0. The van der Waals surface area contributed by atoms with Gasteiger partial charge in [0.05, 0.1) is 5.56 Å². The molecule has 0 spiro atoms. The summed E-state index contributed by atoms with van der Waals surface area (Å²) in [4.78, 5) is 15.3. The average Bonchev–Trinajstić information content (AvgIpc) is 2.87. The molecule has 2 aromatic rings. The van der Waals surface area contributed by atoms with Crippen LogP contribution in [0, 0.1) is 5.41 Å². The van der Waals surface area contributed by atoms with E-state index in [1.165, 1.54) is 12.1 Å². The SMILES string of the molecule is COC(c1noc(-c2cccc(C(=O)O)c2)n1)C(C)(C)C. The standard InChI is InChI=1S/C15H18N2O4/c1-15(2,3)11(20-4)12-16-13(21-17-12)9-6-5-7-10(8-9)14(18)19/h5-8,11H,1-4H3,(H,18,19). The molecular formula is C15H18N2O4. The van der Waals surface area contributed by atoms with Gasteiger partial charge in [0.1, 0.15) is 6.10 Å². The molecule has 0 fully saturated rings. The zero-order valence-corrected chi connectivity index (χ0v) is 12.5. The third-order valence-electron chi connectivity index (χ3n) is 3.05. The van der Waals surface area contributed by atoms with Gasteiger partial charge in [0.2, 0.25) is 5.82 Å². The summed E-state index contributed by atoms with van der Waals surface area (Å²) in [5, 5.41) is 13.0. The van der Waals surface area contributed by atoms with E-state index in [2.05, 4.69) is 10.1 Å². The van der Waals surface area contributed by atoms with E-state index in [-0.39, 0.29) is 23.0 Å². The Hall–Kier alpha value is -2.21. The summed E-state index contributed by atoms with van der Waals surface area (Å²) in [5.74, 6) is -0.277. The topological polar surface area (TPSA) is 85.5 Å². The first-order valence-corrected chi connectivity index (χ1v) is 6.53. The third kappa shape index (κ3) is 3.28. The molecule has 1 N–H and O–H groups in total. The van der Waals surface area contributed by atoms with E-state index in [0.29, 0.717) is 11.4 Å². The molecule has 2 rings (SSSR count). The molecule has 1 heterocycles. The number of carbonyl (C=O) groups is 1. The van der Waals surface area contributed by atoms with Crippen LogP contribution in [0.15, 0.2) is 28.8 Å². The predicted octanol–water partition coefficient (Wildman–Crippen LogP) is 3.17. The first-order chi connectivity index (χ1) is 9.82. The molecule has 0 aliphatic rings. The molecule has 0 saturated heterocycles. The van der Waals surface area contributed by atoms with Crippen molar-refractivity contribution in [3.8, 4) is 11.5 Å². The molecule has 0 aliphatic heterocycles. The van der Waals surface area contributed by atoms with Crippen LogP contribution in [-0.2, 0) is 4.74 Å². The van der Waals surface area contributed by atoms with E-state index >= 15 is 0 Å². The normalized spacial score (nSPS) is 13.1. The fraction of sp³-hybridized carbons (Fsp3) is 0.400. The third-order valence-corrected chi connectivity index (χ3v) is 3.05. The van der Waals surface area contributed by atoms with Crippen LogP contribution in [-0.4, -0.2) is 28.3 Å². The van der Waals surface area contributed by atoms with Gasteiger partial charge in [0, 0.05) is 12.7 Å². The van der Waals surface area contributed by atoms with Crippen LogP contribution >= 0.6 is 0 Å². The number of methoxy groups -OCH3 is 1. The second-order valence-corrected chi connectivity index (χ2v) is 5.83. The van der Waals surface area contributed by atoms with Crippen molar-refractivity contribution < 1.29 is 19.2 Å². The quantitative estimate of drug-likeness (QED) is 0.930. The van der Waals surface area contributed by atoms with Crippen molar-refractivity contribution in [1.29, 1.82) is 0 Å². The highest BCUT2D eigenvalue weighted by Crippen LogP contribution is 2.34. The van der Waals surface area contributed by atoms with Gasteiger partial charge < -0.3 is 14.4 Å². The molecule has 1 aromatic heterocycles. The molecule has 1 aromatic carbocycles. The van der Waals surface area contributed by atoms with Crippen molar-refractivity contribution in [1.82, 2.24) is 10.1 Å². The van der Waals surface area contributed by atoms with Crippen molar-refractivity contribution in [2.45, 2.75) is 26.9 Å². The van der Waals surface area contributed by atoms with Crippen molar-refractivity contribution in [3.05, 3.63) is 35.7 Å². The minimum Gasteiger partial charge on any atom is -0.478 e. The lowest BCUT2D eigenvalue weighted by molar-refractivity contribution is 0.00718. The van der Waals surface area contributed by atoms with Crippen molar-refractivity contribution in [2.24, 2.45) is 5.41 Å². The smallest absolute Gasteiger partial charge is 0.335 e. The summed E-state index contributed by atoms with van der Waals surface area (Å²) in [5.41, 5.74) is 0.558. The fourth-order valence-corrected chi connectivity index (χ4v) is 2.09. The van der Waals surface area contributed by atoms with Crippen LogP contribution < -0.4 is 0 Å². The van der Waals surface area contributed by atoms with Crippen LogP contribution in [0.2, 0.25) is 0 Å². The molecule has 1 unspecified atom stereocenters. The van der Waals surface area contributed by atoms with Gasteiger partial charge >= 0.3 is 5.97 Å². The zero-order chi connectivity index (χ0) is 15.6.